The zero-order chi connectivity index (χ0) is 19.6. The molecule has 5 rings (SSSR count). The zero-order valence-electron chi connectivity index (χ0n) is 15.6. The lowest BCUT2D eigenvalue weighted by Gasteiger charge is -2.30. The summed E-state index contributed by atoms with van der Waals surface area (Å²) in [6, 6.07) is 15.8. The number of oxazole rings is 1. The molecule has 1 fully saturated rings. The van der Waals surface area contributed by atoms with Crippen LogP contribution in [-0.4, -0.2) is 44.2 Å². The van der Waals surface area contributed by atoms with Crippen LogP contribution in [0.3, 0.4) is 0 Å². The highest BCUT2D eigenvalue weighted by Crippen LogP contribution is 2.27. The number of benzene rings is 2. The minimum absolute atomic E-state index is 0.0326. The maximum Gasteiger partial charge on any atom is 0.298 e. The molecule has 0 radical (unpaired) electrons. The lowest BCUT2D eigenvalue weighted by molar-refractivity contribution is -0.120. The molecular formula is C20H19N7O2. The van der Waals surface area contributed by atoms with Gasteiger partial charge in [-0.1, -0.05) is 12.1 Å². The number of amides is 1. The second kappa shape index (κ2) is 7.34. The summed E-state index contributed by atoms with van der Waals surface area (Å²) in [4.78, 5) is 19.3. The van der Waals surface area contributed by atoms with E-state index in [-0.39, 0.29) is 11.8 Å². The molecule has 1 aliphatic rings. The topological polar surface area (TPSA) is 102 Å². The quantitative estimate of drug-likeness (QED) is 0.572. The molecule has 29 heavy (non-hydrogen) atoms. The Labute approximate surface area is 166 Å². The number of tetrazole rings is 1. The van der Waals surface area contributed by atoms with E-state index in [0.717, 1.165) is 48.4 Å². The summed E-state index contributed by atoms with van der Waals surface area (Å²) >= 11 is 0. The van der Waals surface area contributed by atoms with Gasteiger partial charge < -0.3 is 14.6 Å². The van der Waals surface area contributed by atoms with Gasteiger partial charge >= 0.3 is 0 Å². The van der Waals surface area contributed by atoms with Crippen molar-refractivity contribution < 1.29 is 9.21 Å². The summed E-state index contributed by atoms with van der Waals surface area (Å²) in [7, 11) is 0. The third kappa shape index (κ3) is 3.54. The van der Waals surface area contributed by atoms with Gasteiger partial charge in [-0.05, 0) is 59.7 Å². The number of nitrogens with one attached hydrogen (secondary N) is 1. The van der Waals surface area contributed by atoms with E-state index < -0.39 is 0 Å². The Morgan fingerprint density at radius 2 is 1.86 bits per heavy atom. The Hall–Kier alpha value is -3.75. The highest BCUT2D eigenvalue weighted by Gasteiger charge is 2.27. The maximum absolute atomic E-state index is 12.7. The van der Waals surface area contributed by atoms with E-state index >= 15 is 0 Å². The number of rotatable bonds is 4. The first-order valence-electron chi connectivity index (χ1n) is 9.51. The summed E-state index contributed by atoms with van der Waals surface area (Å²) in [6.45, 7) is 1.48. The number of nitrogens with zero attached hydrogens (tertiary/aromatic N) is 6. The van der Waals surface area contributed by atoms with E-state index in [2.05, 4.69) is 30.7 Å². The Balaban J connectivity index is 1.19. The molecule has 3 heterocycles. The Morgan fingerprint density at radius 1 is 1.07 bits per heavy atom. The maximum atomic E-state index is 12.7. The van der Waals surface area contributed by atoms with Gasteiger partial charge in [0, 0.05) is 24.7 Å². The van der Waals surface area contributed by atoms with Crippen LogP contribution < -0.4 is 10.2 Å². The van der Waals surface area contributed by atoms with Crippen LogP contribution in [0.1, 0.15) is 12.8 Å². The average molecular weight is 389 g/mol. The van der Waals surface area contributed by atoms with Gasteiger partial charge in [-0.2, -0.15) is 4.98 Å². The molecule has 0 saturated carbocycles. The van der Waals surface area contributed by atoms with Crippen molar-refractivity contribution in [1.29, 1.82) is 0 Å². The standard InChI is InChI=1S/C20H19N7O2/c28-19(22-15-5-7-16(8-6-15)27-13-21-24-25-27)14-9-11-26(12-10-14)20-23-17-3-1-2-4-18(17)29-20/h1-8,13-14H,9-12H2,(H,22,28). The van der Waals surface area contributed by atoms with Crippen LogP contribution >= 0.6 is 0 Å². The molecule has 4 aromatic rings. The van der Waals surface area contributed by atoms with Gasteiger partial charge in [-0.25, -0.2) is 4.68 Å². The largest absolute Gasteiger partial charge is 0.423 e. The molecule has 1 saturated heterocycles. The molecule has 9 heteroatoms. The fourth-order valence-electron chi connectivity index (χ4n) is 3.55. The number of carbonyl (C=O) groups is 1. The predicted octanol–water partition coefficient (Wildman–Crippen LogP) is 2.66. The van der Waals surface area contributed by atoms with E-state index in [4.69, 9.17) is 4.42 Å². The number of hydrogen-bond donors (Lipinski definition) is 1. The van der Waals surface area contributed by atoms with E-state index in [1.165, 1.54) is 6.33 Å². The molecular weight excluding hydrogens is 370 g/mol. The van der Waals surface area contributed by atoms with Gasteiger partial charge in [-0.3, -0.25) is 4.79 Å². The van der Waals surface area contributed by atoms with Crippen molar-refractivity contribution in [3.05, 3.63) is 54.9 Å². The minimum Gasteiger partial charge on any atom is -0.423 e. The van der Waals surface area contributed by atoms with E-state index in [1.54, 1.807) is 4.68 Å². The normalized spacial score (nSPS) is 15.0. The number of aromatic nitrogens is 5. The van der Waals surface area contributed by atoms with Gasteiger partial charge in [0.25, 0.3) is 6.01 Å². The molecule has 1 amide bonds. The second-order valence-corrected chi connectivity index (χ2v) is 7.02. The molecule has 0 bridgehead atoms. The third-order valence-corrected chi connectivity index (χ3v) is 5.17. The van der Waals surface area contributed by atoms with Crippen molar-refractivity contribution in [3.8, 4) is 5.69 Å². The highest BCUT2D eigenvalue weighted by molar-refractivity contribution is 5.92. The van der Waals surface area contributed by atoms with Crippen LogP contribution in [-0.2, 0) is 4.79 Å². The van der Waals surface area contributed by atoms with Gasteiger partial charge in [0.1, 0.15) is 11.8 Å². The number of anilines is 2. The fraction of sp³-hybridized carbons (Fsp3) is 0.250. The minimum atomic E-state index is -0.0326. The van der Waals surface area contributed by atoms with Gasteiger partial charge in [-0.15, -0.1) is 5.10 Å². The Morgan fingerprint density at radius 3 is 2.59 bits per heavy atom. The zero-order valence-corrected chi connectivity index (χ0v) is 15.6. The summed E-state index contributed by atoms with van der Waals surface area (Å²) < 4.78 is 7.40. The van der Waals surface area contributed by atoms with Crippen LogP contribution in [0, 0.1) is 5.92 Å². The molecule has 2 aromatic carbocycles. The first-order chi connectivity index (χ1) is 14.3. The lowest BCUT2D eigenvalue weighted by atomic mass is 9.96. The van der Waals surface area contributed by atoms with Crippen LogP contribution in [0.15, 0.2) is 59.3 Å². The van der Waals surface area contributed by atoms with Crippen LogP contribution in [0.2, 0.25) is 0 Å². The summed E-state index contributed by atoms with van der Waals surface area (Å²) in [5.74, 6) is 0.00667. The average Bonchev–Trinajstić information content (AvgIpc) is 3.44. The van der Waals surface area contributed by atoms with E-state index in [9.17, 15) is 4.79 Å². The van der Waals surface area contributed by atoms with E-state index in [0.29, 0.717) is 6.01 Å². The van der Waals surface area contributed by atoms with Crippen LogP contribution in [0.25, 0.3) is 16.8 Å². The number of fused-ring (bicyclic) bond motifs is 1. The molecule has 0 unspecified atom stereocenters. The highest BCUT2D eigenvalue weighted by atomic mass is 16.4. The van der Waals surface area contributed by atoms with Crippen molar-refractivity contribution in [3.63, 3.8) is 0 Å². The first-order valence-corrected chi connectivity index (χ1v) is 9.51. The van der Waals surface area contributed by atoms with E-state index in [1.807, 2.05) is 48.5 Å². The van der Waals surface area contributed by atoms with Crippen molar-refractivity contribution in [2.45, 2.75) is 12.8 Å². The number of para-hydroxylation sites is 2. The van der Waals surface area contributed by atoms with Crippen LogP contribution in [0.4, 0.5) is 11.7 Å². The second-order valence-electron chi connectivity index (χ2n) is 7.02. The smallest absolute Gasteiger partial charge is 0.298 e. The summed E-state index contributed by atoms with van der Waals surface area (Å²) in [6.07, 6.45) is 3.04. The molecule has 1 N–H and O–H groups in total. The summed E-state index contributed by atoms with van der Waals surface area (Å²) in [5.41, 5.74) is 3.23. The van der Waals surface area contributed by atoms with Crippen molar-refractivity contribution >= 4 is 28.7 Å². The molecule has 2 aromatic heterocycles. The molecule has 0 spiro atoms. The SMILES string of the molecule is O=C(Nc1ccc(-n2cnnn2)cc1)C1CCN(c2nc3ccccc3o2)CC1. The number of hydrogen-bond acceptors (Lipinski definition) is 7. The molecule has 0 atom stereocenters. The van der Waals surface area contributed by atoms with Crippen molar-refractivity contribution in [1.82, 2.24) is 25.2 Å². The Bertz CT molecular complexity index is 1080. The van der Waals surface area contributed by atoms with Crippen LogP contribution in [0.5, 0.6) is 0 Å². The number of piperidine rings is 1. The monoisotopic (exact) mass is 389 g/mol. The van der Waals surface area contributed by atoms with Crippen molar-refractivity contribution in [2.75, 3.05) is 23.3 Å². The van der Waals surface area contributed by atoms with Gasteiger partial charge in [0.15, 0.2) is 5.58 Å². The molecule has 0 aliphatic carbocycles. The lowest BCUT2D eigenvalue weighted by Crippen LogP contribution is -2.38. The molecule has 146 valence electrons. The fourth-order valence-corrected chi connectivity index (χ4v) is 3.55. The summed E-state index contributed by atoms with van der Waals surface area (Å²) in [5, 5.41) is 14.1. The van der Waals surface area contributed by atoms with Crippen molar-refractivity contribution in [2.24, 2.45) is 5.92 Å². The van der Waals surface area contributed by atoms with Gasteiger partial charge in [0.05, 0.1) is 5.69 Å². The van der Waals surface area contributed by atoms with Gasteiger partial charge in [0.2, 0.25) is 5.91 Å². The molecule has 1 aliphatic heterocycles. The molecule has 9 nitrogen and oxygen atoms in total. The third-order valence-electron chi connectivity index (χ3n) is 5.17. The Kier molecular flexibility index (Phi) is 4.39. The number of carbonyl (C=O) groups excluding carboxylic acids is 1. The predicted molar refractivity (Wildman–Crippen MR) is 107 cm³/mol. The first kappa shape index (κ1) is 17.4.